The normalized spacial score (nSPS) is 11.4. The summed E-state index contributed by atoms with van der Waals surface area (Å²) in [5.41, 5.74) is -0.440. The Kier molecular flexibility index (Phi) is 3.68. The Morgan fingerprint density at radius 3 is 2.60 bits per heavy atom. The first kappa shape index (κ1) is 12.0. The highest BCUT2D eigenvalue weighted by Gasteiger charge is 2.42. The quantitative estimate of drug-likeness (QED) is 0.811. The molecule has 5 heteroatoms. The molecule has 0 spiro atoms. The van der Waals surface area contributed by atoms with Gasteiger partial charge in [0.15, 0.2) is 0 Å². The molecule has 0 aromatic heterocycles. The van der Waals surface area contributed by atoms with Crippen molar-refractivity contribution in [2.24, 2.45) is 0 Å². The minimum Gasteiger partial charge on any atom is -0.477 e. The highest BCUT2D eigenvalue weighted by atomic mass is 32.2. The van der Waals surface area contributed by atoms with E-state index in [1.165, 1.54) is 23.9 Å². The van der Waals surface area contributed by atoms with E-state index in [2.05, 4.69) is 0 Å². The van der Waals surface area contributed by atoms with Crippen molar-refractivity contribution < 1.29 is 18.7 Å². The monoisotopic (exact) mass is 232 g/mol. The number of carboxylic acids is 1. The number of hydrogen-bond donors (Lipinski definition) is 1. The van der Waals surface area contributed by atoms with Gasteiger partial charge in [-0.1, -0.05) is 25.1 Å². The second kappa shape index (κ2) is 4.61. The average Bonchev–Trinajstić information content (AvgIpc) is 2.18. The van der Waals surface area contributed by atoms with Gasteiger partial charge in [0.25, 0.3) is 0 Å². The summed E-state index contributed by atoms with van der Waals surface area (Å²) in [4.78, 5) is 10.7. The van der Waals surface area contributed by atoms with Gasteiger partial charge in [-0.2, -0.15) is 8.78 Å². The molecule has 0 amide bonds. The van der Waals surface area contributed by atoms with Crippen LogP contribution in [0.2, 0.25) is 0 Å². The number of benzene rings is 1. The predicted octanol–water partition coefficient (Wildman–Crippen LogP) is 2.98. The summed E-state index contributed by atoms with van der Waals surface area (Å²) in [7, 11) is 0. The summed E-state index contributed by atoms with van der Waals surface area (Å²) in [6, 6.07) is 5.66. The largest absolute Gasteiger partial charge is 0.477 e. The van der Waals surface area contributed by atoms with Gasteiger partial charge < -0.3 is 5.11 Å². The molecule has 0 bridgehead atoms. The second-order valence-corrected chi connectivity index (χ2v) is 4.11. The van der Waals surface area contributed by atoms with E-state index in [9.17, 15) is 13.6 Å². The molecular formula is C10H10F2O2S. The smallest absolute Gasteiger partial charge is 0.379 e. The number of aliphatic carboxylic acids is 1. The Hall–Kier alpha value is -1.10. The Labute approximate surface area is 90.3 Å². The highest BCUT2D eigenvalue weighted by Crippen LogP contribution is 2.35. The number of carbonyl (C=O) groups is 1. The van der Waals surface area contributed by atoms with Crippen LogP contribution in [0.25, 0.3) is 0 Å². The molecule has 82 valence electrons. The zero-order chi connectivity index (χ0) is 11.5. The van der Waals surface area contributed by atoms with Crippen molar-refractivity contribution >= 4 is 17.7 Å². The van der Waals surface area contributed by atoms with Crippen molar-refractivity contribution in [3.05, 3.63) is 29.8 Å². The molecule has 0 aliphatic rings. The lowest BCUT2D eigenvalue weighted by Crippen LogP contribution is -2.25. The fourth-order valence-electron chi connectivity index (χ4n) is 1.12. The van der Waals surface area contributed by atoms with Gasteiger partial charge >= 0.3 is 11.9 Å². The summed E-state index contributed by atoms with van der Waals surface area (Å²) in [5, 5.41) is 8.43. The molecular weight excluding hydrogens is 222 g/mol. The fraction of sp³-hybridized carbons (Fsp3) is 0.300. The maximum atomic E-state index is 13.2. The molecule has 0 fully saturated rings. The molecule has 0 aliphatic carbocycles. The molecule has 0 saturated carbocycles. The van der Waals surface area contributed by atoms with E-state index in [4.69, 9.17) is 5.11 Å². The maximum Gasteiger partial charge on any atom is 0.379 e. The van der Waals surface area contributed by atoms with Gasteiger partial charge in [-0.3, -0.25) is 0 Å². The topological polar surface area (TPSA) is 37.3 Å². The number of hydrogen-bond acceptors (Lipinski definition) is 2. The molecule has 0 heterocycles. The van der Waals surface area contributed by atoms with E-state index < -0.39 is 17.5 Å². The molecule has 1 rings (SSSR count). The standard InChI is InChI=1S/C10H10F2O2S/c1-2-15-8-6-4-3-5-7(8)10(11,12)9(13)14/h3-6H,2H2,1H3,(H,13,14). The molecule has 1 aromatic carbocycles. The molecule has 0 radical (unpaired) electrons. The van der Waals surface area contributed by atoms with E-state index in [0.717, 1.165) is 6.07 Å². The Bertz CT molecular complexity index is 366. The van der Waals surface area contributed by atoms with Crippen LogP contribution in [0, 0.1) is 0 Å². The van der Waals surface area contributed by atoms with Crippen molar-refractivity contribution in [2.75, 3.05) is 5.75 Å². The summed E-state index contributed by atoms with van der Waals surface area (Å²) in [6.07, 6.45) is 0. The van der Waals surface area contributed by atoms with Crippen LogP contribution >= 0.6 is 11.8 Å². The van der Waals surface area contributed by atoms with Crippen LogP contribution in [0.4, 0.5) is 8.78 Å². The lowest BCUT2D eigenvalue weighted by atomic mass is 10.1. The SMILES string of the molecule is CCSc1ccccc1C(F)(F)C(=O)O. The molecule has 15 heavy (non-hydrogen) atoms. The van der Waals surface area contributed by atoms with Gasteiger partial charge in [0.1, 0.15) is 0 Å². The van der Waals surface area contributed by atoms with Crippen molar-refractivity contribution in [1.82, 2.24) is 0 Å². The predicted molar refractivity (Wildman–Crippen MR) is 54.4 cm³/mol. The second-order valence-electron chi connectivity index (χ2n) is 2.81. The fourth-order valence-corrected chi connectivity index (χ4v) is 1.96. The van der Waals surface area contributed by atoms with Gasteiger partial charge in [-0.05, 0) is 11.8 Å². The zero-order valence-electron chi connectivity index (χ0n) is 8.04. The molecule has 0 aliphatic heterocycles. The molecule has 1 N–H and O–H groups in total. The van der Waals surface area contributed by atoms with Crippen LogP contribution in [0.1, 0.15) is 12.5 Å². The van der Waals surface area contributed by atoms with Crippen LogP contribution in [0.3, 0.4) is 0 Å². The molecule has 0 atom stereocenters. The number of rotatable bonds is 4. The third kappa shape index (κ3) is 2.47. The Balaban J connectivity index is 3.18. The molecule has 1 aromatic rings. The molecule has 0 unspecified atom stereocenters. The van der Waals surface area contributed by atoms with Gasteiger partial charge in [0.2, 0.25) is 0 Å². The van der Waals surface area contributed by atoms with E-state index in [-0.39, 0.29) is 0 Å². The Morgan fingerprint density at radius 1 is 1.47 bits per heavy atom. The summed E-state index contributed by atoms with van der Waals surface area (Å²) >= 11 is 1.20. The van der Waals surface area contributed by atoms with E-state index in [1.54, 1.807) is 6.07 Å². The molecule has 2 nitrogen and oxygen atoms in total. The van der Waals surface area contributed by atoms with Gasteiger partial charge in [-0.15, -0.1) is 11.8 Å². The van der Waals surface area contributed by atoms with Crippen molar-refractivity contribution in [2.45, 2.75) is 17.7 Å². The number of halogens is 2. The number of thioether (sulfide) groups is 1. The lowest BCUT2D eigenvalue weighted by Gasteiger charge is -2.14. The van der Waals surface area contributed by atoms with E-state index >= 15 is 0 Å². The van der Waals surface area contributed by atoms with Crippen molar-refractivity contribution in [1.29, 1.82) is 0 Å². The summed E-state index contributed by atoms with van der Waals surface area (Å²) < 4.78 is 26.5. The van der Waals surface area contributed by atoms with Gasteiger partial charge in [0.05, 0.1) is 0 Å². The average molecular weight is 232 g/mol. The van der Waals surface area contributed by atoms with Crippen LogP contribution in [-0.4, -0.2) is 16.8 Å². The van der Waals surface area contributed by atoms with E-state index in [1.807, 2.05) is 6.92 Å². The summed E-state index contributed by atoms with van der Waals surface area (Å²) in [6.45, 7) is 1.82. The maximum absolute atomic E-state index is 13.2. The first-order valence-electron chi connectivity index (χ1n) is 4.33. The third-order valence-electron chi connectivity index (χ3n) is 1.79. The summed E-state index contributed by atoms with van der Waals surface area (Å²) in [5.74, 6) is -5.32. The highest BCUT2D eigenvalue weighted by molar-refractivity contribution is 7.99. The third-order valence-corrected chi connectivity index (χ3v) is 2.75. The van der Waals surface area contributed by atoms with Crippen molar-refractivity contribution in [3.8, 4) is 0 Å². The minimum absolute atomic E-state index is 0.312. The van der Waals surface area contributed by atoms with Crippen LogP contribution in [-0.2, 0) is 10.7 Å². The first-order chi connectivity index (χ1) is 7.00. The van der Waals surface area contributed by atoms with Crippen LogP contribution in [0.15, 0.2) is 29.2 Å². The first-order valence-corrected chi connectivity index (χ1v) is 5.32. The Morgan fingerprint density at radius 2 is 2.07 bits per heavy atom. The van der Waals surface area contributed by atoms with Gasteiger partial charge in [0, 0.05) is 10.5 Å². The number of alkyl halides is 2. The molecule has 0 saturated heterocycles. The van der Waals surface area contributed by atoms with E-state index in [0.29, 0.717) is 10.6 Å². The number of carboxylic acid groups (broad SMARTS) is 1. The zero-order valence-corrected chi connectivity index (χ0v) is 8.85. The van der Waals surface area contributed by atoms with Crippen LogP contribution in [0.5, 0.6) is 0 Å². The van der Waals surface area contributed by atoms with Gasteiger partial charge in [-0.25, -0.2) is 4.79 Å². The minimum atomic E-state index is -3.82. The van der Waals surface area contributed by atoms with Crippen molar-refractivity contribution in [3.63, 3.8) is 0 Å². The van der Waals surface area contributed by atoms with Crippen LogP contribution < -0.4 is 0 Å². The lowest BCUT2D eigenvalue weighted by molar-refractivity contribution is -0.166.